The molecule has 1 saturated carbocycles. The molecule has 0 radical (unpaired) electrons. The normalized spacial score (nSPS) is 18.5. The third kappa shape index (κ3) is 5.87. The lowest BCUT2D eigenvalue weighted by Gasteiger charge is -2.39. The van der Waals surface area contributed by atoms with Crippen LogP contribution in [0.3, 0.4) is 0 Å². The SMILES string of the molecule is CCCCCCOC[N+](C)(C)C1CCCCC1. The summed E-state index contributed by atoms with van der Waals surface area (Å²) in [6.07, 6.45) is 12.3. The largest absolute Gasteiger partial charge is 0.332 e. The van der Waals surface area contributed by atoms with E-state index in [9.17, 15) is 0 Å². The molecular formula is C15H32NO+. The van der Waals surface area contributed by atoms with E-state index in [0.29, 0.717) is 0 Å². The van der Waals surface area contributed by atoms with Gasteiger partial charge >= 0.3 is 0 Å². The molecule has 0 spiro atoms. The van der Waals surface area contributed by atoms with Crippen LogP contribution in [0.4, 0.5) is 0 Å². The van der Waals surface area contributed by atoms with Gasteiger partial charge in [0.2, 0.25) is 0 Å². The molecule has 1 fully saturated rings. The molecule has 0 amide bonds. The Morgan fingerprint density at radius 3 is 2.35 bits per heavy atom. The molecule has 0 saturated heterocycles. The number of hydrogen-bond acceptors (Lipinski definition) is 1. The van der Waals surface area contributed by atoms with Crippen molar-refractivity contribution in [3.63, 3.8) is 0 Å². The van der Waals surface area contributed by atoms with Crippen LogP contribution < -0.4 is 0 Å². The second-order valence-electron chi connectivity index (χ2n) is 6.17. The van der Waals surface area contributed by atoms with Gasteiger partial charge in [-0.1, -0.05) is 32.6 Å². The highest BCUT2D eigenvalue weighted by Gasteiger charge is 2.29. The van der Waals surface area contributed by atoms with Gasteiger partial charge in [0, 0.05) is 0 Å². The molecule has 0 aromatic heterocycles. The van der Waals surface area contributed by atoms with E-state index in [0.717, 1.165) is 23.9 Å². The number of nitrogens with zero attached hydrogens (tertiary/aromatic N) is 1. The van der Waals surface area contributed by atoms with Crippen LogP contribution in [0.15, 0.2) is 0 Å². The van der Waals surface area contributed by atoms with Crippen molar-refractivity contribution in [1.82, 2.24) is 0 Å². The Morgan fingerprint density at radius 2 is 1.71 bits per heavy atom. The molecular weight excluding hydrogens is 210 g/mol. The molecule has 1 rings (SSSR count). The predicted molar refractivity (Wildman–Crippen MR) is 73.9 cm³/mol. The van der Waals surface area contributed by atoms with Crippen LogP contribution in [0, 0.1) is 0 Å². The zero-order chi connectivity index (χ0) is 12.6. The first-order valence-electron chi connectivity index (χ1n) is 7.57. The highest BCUT2D eigenvalue weighted by molar-refractivity contribution is 4.65. The Balaban J connectivity index is 2.10. The van der Waals surface area contributed by atoms with Crippen molar-refractivity contribution in [3.8, 4) is 0 Å². The topological polar surface area (TPSA) is 9.23 Å². The van der Waals surface area contributed by atoms with Gasteiger partial charge in [0.15, 0.2) is 6.73 Å². The fourth-order valence-electron chi connectivity index (χ4n) is 2.82. The minimum absolute atomic E-state index is 0.833. The molecule has 0 aliphatic heterocycles. The first-order chi connectivity index (χ1) is 8.17. The van der Waals surface area contributed by atoms with Gasteiger partial charge in [0.1, 0.15) is 0 Å². The maximum atomic E-state index is 5.87. The third-order valence-electron chi connectivity index (χ3n) is 4.13. The summed E-state index contributed by atoms with van der Waals surface area (Å²) < 4.78 is 6.93. The molecule has 0 N–H and O–H groups in total. The minimum atomic E-state index is 0.833. The molecule has 2 nitrogen and oxygen atoms in total. The summed E-state index contributed by atoms with van der Waals surface area (Å²) in [5.41, 5.74) is 0. The van der Waals surface area contributed by atoms with E-state index in [1.807, 2.05) is 0 Å². The summed E-state index contributed by atoms with van der Waals surface area (Å²) in [6, 6.07) is 0.833. The summed E-state index contributed by atoms with van der Waals surface area (Å²) >= 11 is 0. The molecule has 0 unspecified atom stereocenters. The first kappa shape index (κ1) is 15.0. The summed E-state index contributed by atoms with van der Waals surface area (Å²) in [4.78, 5) is 0. The lowest BCUT2D eigenvalue weighted by atomic mass is 9.93. The average Bonchev–Trinajstić information content (AvgIpc) is 2.35. The van der Waals surface area contributed by atoms with Crippen LogP contribution in [0.1, 0.15) is 64.7 Å². The summed E-state index contributed by atoms with van der Waals surface area (Å²) in [6.45, 7) is 4.11. The molecule has 0 bridgehead atoms. The van der Waals surface area contributed by atoms with Crippen LogP contribution in [0.25, 0.3) is 0 Å². The van der Waals surface area contributed by atoms with Crippen molar-refractivity contribution >= 4 is 0 Å². The van der Waals surface area contributed by atoms with Crippen LogP contribution in [-0.2, 0) is 4.74 Å². The Labute approximate surface area is 108 Å². The van der Waals surface area contributed by atoms with Gasteiger partial charge in [0.05, 0.1) is 26.7 Å². The zero-order valence-corrected chi connectivity index (χ0v) is 12.2. The van der Waals surface area contributed by atoms with E-state index in [4.69, 9.17) is 4.74 Å². The second kappa shape index (κ2) is 8.10. The van der Waals surface area contributed by atoms with E-state index in [-0.39, 0.29) is 0 Å². The van der Waals surface area contributed by atoms with Crippen molar-refractivity contribution in [2.75, 3.05) is 27.4 Å². The minimum Gasteiger partial charge on any atom is -0.332 e. The fraction of sp³-hybridized carbons (Fsp3) is 1.00. The van der Waals surface area contributed by atoms with E-state index < -0.39 is 0 Å². The Morgan fingerprint density at radius 1 is 1.00 bits per heavy atom. The fourth-order valence-corrected chi connectivity index (χ4v) is 2.82. The number of quaternary nitrogens is 1. The lowest BCUT2D eigenvalue weighted by molar-refractivity contribution is -0.934. The molecule has 0 atom stereocenters. The van der Waals surface area contributed by atoms with Gasteiger partial charge in [-0.15, -0.1) is 0 Å². The van der Waals surface area contributed by atoms with Gasteiger partial charge in [-0.2, -0.15) is 0 Å². The Kier molecular flexibility index (Phi) is 7.14. The highest BCUT2D eigenvalue weighted by Crippen LogP contribution is 2.25. The van der Waals surface area contributed by atoms with Crippen LogP contribution >= 0.6 is 0 Å². The Bertz CT molecular complexity index is 185. The maximum Gasteiger partial charge on any atom is 0.182 e. The number of rotatable bonds is 8. The molecule has 2 heteroatoms. The number of hydrogen-bond donors (Lipinski definition) is 0. The summed E-state index contributed by atoms with van der Waals surface area (Å²) in [5, 5.41) is 0. The third-order valence-corrected chi connectivity index (χ3v) is 4.13. The Hall–Kier alpha value is -0.0800. The van der Waals surface area contributed by atoms with Crippen molar-refractivity contribution < 1.29 is 9.22 Å². The van der Waals surface area contributed by atoms with E-state index in [1.54, 1.807) is 0 Å². The van der Waals surface area contributed by atoms with Gasteiger partial charge in [-0.25, -0.2) is 0 Å². The smallest absolute Gasteiger partial charge is 0.182 e. The molecule has 0 aromatic carbocycles. The standard InChI is InChI=1S/C15H32NO/c1-4-5-6-10-13-17-14-16(2,3)15-11-8-7-9-12-15/h15H,4-14H2,1-3H3/q+1. The van der Waals surface area contributed by atoms with Crippen molar-refractivity contribution in [3.05, 3.63) is 0 Å². The predicted octanol–water partition coefficient (Wildman–Crippen LogP) is 3.95. The highest BCUT2D eigenvalue weighted by atomic mass is 16.5. The van der Waals surface area contributed by atoms with E-state index in [2.05, 4.69) is 21.0 Å². The summed E-state index contributed by atoms with van der Waals surface area (Å²) in [7, 11) is 4.67. The van der Waals surface area contributed by atoms with Crippen LogP contribution in [0.2, 0.25) is 0 Å². The quantitative estimate of drug-likeness (QED) is 0.356. The molecule has 1 aliphatic rings. The monoisotopic (exact) mass is 242 g/mol. The second-order valence-corrected chi connectivity index (χ2v) is 6.17. The number of ether oxygens (including phenoxy) is 1. The molecule has 102 valence electrons. The maximum absolute atomic E-state index is 5.87. The van der Waals surface area contributed by atoms with Gasteiger partial charge < -0.3 is 9.22 Å². The first-order valence-corrected chi connectivity index (χ1v) is 7.57. The van der Waals surface area contributed by atoms with Crippen molar-refractivity contribution in [1.29, 1.82) is 0 Å². The number of unbranched alkanes of at least 4 members (excludes halogenated alkanes) is 3. The van der Waals surface area contributed by atoms with Crippen molar-refractivity contribution in [2.24, 2.45) is 0 Å². The van der Waals surface area contributed by atoms with Gasteiger partial charge in [-0.3, -0.25) is 0 Å². The van der Waals surface area contributed by atoms with Crippen LogP contribution in [-0.4, -0.2) is 38.0 Å². The molecule has 0 aromatic rings. The van der Waals surface area contributed by atoms with Crippen molar-refractivity contribution in [2.45, 2.75) is 70.8 Å². The van der Waals surface area contributed by atoms with Gasteiger partial charge in [-0.05, 0) is 32.1 Å². The van der Waals surface area contributed by atoms with E-state index in [1.165, 1.54) is 57.8 Å². The summed E-state index contributed by atoms with van der Waals surface area (Å²) in [5.74, 6) is 0. The molecule has 17 heavy (non-hydrogen) atoms. The van der Waals surface area contributed by atoms with Crippen LogP contribution in [0.5, 0.6) is 0 Å². The lowest BCUT2D eigenvalue weighted by Crippen LogP contribution is -2.51. The van der Waals surface area contributed by atoms with E-state index >= 15 is 0 Å². The zero-order valence-electron chi connectivity index (χ0n) is 12.2. The molecule has 1 aliphatic carbocycles. The average molecular weight is 242 g/mol. The van der Waals surface area contributed by atoms with Gasteiger partial charge in [0.25, 0.3) is 0 Å². The molecule has 0 heterocycles.